The van der Waals surface area contributed by atoms with Gasteiger partial charge in [-0.2, -0.15) is 0 Å². The van der Waals surface area contributed by atoms with Crippen molar-refractivity contribution in [3.63, 3.8) is 0 Å². The highest BCUT2D eigenvalue weighted by Crippen LogP contribution is 2.15. The minimum absolute atomic E-state index is 0.108. The van der Waals surface area contributed by atoms with Crippen molar-refractivity contribution in [2.75, 3.05) is 157 Å². The quantitative estimate of drug-likeness (QED) is 0.0817. The van der Waals surface area contributed by atoms with E-state index < -0.39 is 0 Å². The molecule has 1 amide bonds. The van der Waals surface area contributed by atoms with Gasteiger partial charge in [0.1, 0.15) is 12.4 Å². The van der Waals surface area contributed by atoms with E-state index in [1.165, 1.54) is 6.92 Å². The van der Waals surface area contributed by atoms with E-state index in [0.29, 0.717) is 158 Å². The van der Waals surface area contributed by atoms with E-state index >= 15 is 0 Å². The first-order valence-electron chi connectivity index (χ1n) is 16.2. The van der Waals surface area contributed by atoms with Crippen LogP contribution in [0.4, 0.5) is 5.69 Å². The predicted octanol–water partition coefficient (Wildman–Crippen LogP) is 2.39. The molecule has 1 N–H and O–H groups in total. The zero-order chi connectivity index (χ0) is 33.7. The minimum atomic E-state index is -0.108. The molecule has 0 spiro atoms. The van der Waals surface area contributed by atoms with Crippen molar-refractivity contribution in [2.45, 2.75) is 6.92 Å². The summed E-state index contributed by atoms with van der Waals surface area (Å²) in [6.07, 6.45) is 1.71. The predicted molar refractivity (Wildman–Crippen MR) is 175 cm³/mol. The van der Waals surface area contributed by atoms with Gasteiger partial charge >= 0.3 is 0 Å². The molecule has 14 heteroatoms. The second-order valence-corrected chi connectivity index (χ2v) is 9.54. The Bertz CT molecular complexity index is 816. The number of anilines is 1. The third kappa shape index (κ3) is 32.1. The van der Waals surface area contributed by atoms with Crippen LogP contribution in [0.5, 0.6) is 5.75 Å². The molecule has 272 valence electrons. The molecule has 0 aliphatic heterocycles. The number of ether oxygens (including phenoxy) is 12. The van der Waals surface area contributed by atoms with Crippen LogP contribution in [-0.4, -0.2) is 158 Å². The van der Waals surface area contributed by atoms with Gasteiger partial charge in [0.05, 0.1) is 145 Å². The Kier molecular flexibility index (Phi) is 32.0. The zero-order valence-corrected chi connectivity index (χ0v) is 28.2. The van der Waals surface area contributed by atoms with Crippen LogP contribution in [0.25, 0.3) is 0 Å². The lowest BCUT2D eigenvalue weighted by Crippen LogP contribution is -2.15. The summed E-state index contributed by atoms with van der Waals surface area (Å²) in [6, 6.07) is 7.17. The third-order valence-corrected chi connectivity index (χ3v) is 5.63. The fourth-order valence-electron chi connectivity index (χ4n) is 3.42. The molecule has 0 aromatic heterocycles. The van der Waals surface area contributed by atoms with Gasteiger partial charge in [-0.15, -0.1) is 6.58 Å². The standard InChI is InChI=1S/C33H57NO13/c1-3-8-36-9-10-37-11-12-38-13-14-39-15-16-40-17-18-41-19-20-42-21-22-43-23-24-44-25-26-45-27-28-46-29-30-47-33-6-4-32(5-7-33)34-31(2)35/h3-7H,1,8-30H2,2H3,(H,34,35). The van der Waals surface area contributed by atoms with E-state index in [-0.39, 0.29) is 5.91 Å². The molecule has 1 aromatic carbocycles. The molecular formula is C33H57NO13. The van der Waals surface area contributed by atoms with Gasteiger partial charge in [0.15, 0.2) is 0 Å². The minimum Gasteiger partial charge on any atom is -0.491 e. The van der Waals surface area contributed by atoms with E-state index in [1.807, 2.05) is 0 Å². The molecule has 0 unspecified atom stereocenters. The Morgan fingerprint density at radius 3 is 1.04 bits per heavy atom. The average Bonchev–Trinajstić information content (AvgIpc) is 3.07. The molecule has 0 aliphatic carbocycles. The maximum atomic E-state index is 11.0. The highest BCUT2D eigenvalue weighted by Gasteiger charge is 1.99. The topological polar surface area (TPSA) is 140 Å². The van der Waals surface area contributed by atoms with Crippen LogP contribution in [0, 0.1) is 0 Å². The number of rotatable bonds is 37. The van der Waals surface area contributed by atoms with E-state index in [1.54, 1.807) is 30.3 Å². The first-order chi connectivity index (χ1) is 23.2. The molecule has 0 fully saturated rings. The zero-order valence-electron chi connectivity index (χ0n) is 28.2. The Morgan fingerprint density at radius 1 is 0.489 bits per heavy atom. The largest absolute Gasteiger partial charge is 0.491 e. The highest BCUT2D eigenvalue weighted by molar-refractivity contribution is 5.88. The number of amides is 1. The van der Waals surface area contributed by atoms with Crippen molar-refractivity contribution >= 4 is 11.6 Å². The van der Waals surface area contributed by atoms with Gasteiger partial charge in [0.2, 0.25) is 5.91 Å². The van der Waals surface area contributed by atoms with E-state index in [9.17, 15) is 4.79 Å². The molecule has 0 radical (unpaired) electrons. The lowest BCUT2D eigenvalue weighted by atomic mass is 10.3. The van der Waals surface area contributed by atoms with Gasteiger partial charge in [0.25, 0.3) is 0 Å². The maximum Gasteiger partial charge on any atom is 0.221 e. The summed E-state index contributed by atoms with van der Waals surface area (Å²) in [7, 11) is 0. The summed E-state index contributed by atoms with van der Waals surface area (Å²) in [5.41, 5.74) is 0.731. The summed E-state index contributed by atoms with van der Waals surface area (Å²) in [4.78, 5) is 11.0. The summed E-state index contributed by atoms with van der Waals surface area (Å²) in [5.74, 6) is 0.608. The first-order valence-corrected chi connectivity index (χ1v) is 16.2. The van der Waals surface area contributed by atoms with E-state index in [4.69, 9.17) is 56.8 Å². The van der Waals surface area contributed by atoms with Crippen molar-refractivity contribution in [3.8, 4) is 5.75 Å². The number of benzene rings is 1. The Labute approximate surface area is 280 Å². The molecule has 0 aliphatic rings. The molecule has 1 aromatic rings. The fraction of sp³-hybridized carbons (Fsp3) is 0.727. The monoisotopic (exact) mass is 675 g/mol. The highest BCUT2D eigenvalue weighted by atomic mass is 16.6. The van der Waals surface area contributed by atoms with Crippen molar-refractivity contribution in [1.29, 1.82) is 0 Å². The molecule has 0 bridgehead atoms. The summed E-state index contributed by atoms with van der Waals surface area (Å²) < 4.78 is 65.4. The van der Waals surface area contributed by atoms with Gasteiger partial charge in [-0.1, -0.05) is 6.08 Å². The lowest BCUT2D eigenvalue weighted by molar-refractivity contribution is -0.114. The molecular weight excluding hydrogens is 618 g/mol. The molecule has 0 heterocycles. The van der Waals surface area contributed by atoms with Crippen LogP contribution in [0.1, 0.15) is 6.92 Å². The number of hydrogen-bond donors (Lipinski definition) is 1. The number of carbonyl (C=O) groups is 1. The number of nitrogens with one attached hydrogen (secondary N) is 1. The third-order valence-electron chi connectivity index (χ3n) is 5.63. The van der Waals surface area contributed by atoms with Gasteiger partial charge in [-0.3, -0.25) is 4.79 Å². The second kappa shape index (κ2) is 35.1. The second-order valence-electron chi connectivity index (χ2n) is 9.54. The fourth-order valence-corrected chi connectivity index (χ4v) is 3.42. The first kappa shape index (κ1) is 42.8. The Balaban J connectivity index is 1.66. The van der Waals surface area contributed by atoms with E-state index in [2.05, 4.69) is 11.9 Å². The summed E-state index contributed by atoms with van der Waals surface area (Å²) >= 11 is 0. The SMILES string of the molecule is C=CCOCCOCCOCCOCCOCCOCCOCCOCCOCCOCCOCCOc1ccc(NC(C)=O)cc1. The van der Waals surface area contributed by atoms with Crippen molar-refractivity contribution < 1.29 is 61.6 Å². The average molecular weight is 676 g/mol. The van der Waals surface area contributed by atoms with Crippen LogP contribution in [0.2, 0.25) is 0 Å². The van der Waals surface area contributed by atoms with Crippen molar-refractivity contribution in [2.24, 2.45) is 0 Å². The maximum absolute atomic E-state index is 11.0. The van der Waals surface area contributed by atoms with Crippen LogP contribution < -0.4 is 10.1 Å². The van der Waals surface area contributed by atoms with Crippen LogP contribution in [0.3, 0.4) is 0 Å². The van der Waals surface area contributed by atoms with Crippen LogP contribution in [-0.2, 0) is 56.9 Å². The number of hydrogen-bond acceptors (Lipinski definition) is 13. The van der Waals surface area contributed by atoms with Gasteiger partial charge in [-0.05, 0) is 24.3 Å². The van der Waals surface area contributed by atoms with Crippen LogP contribution >= 0.6 is 0 Å². The van der Waals surface area contributed by atoms with Crippen LogP contribution in [0.15, 0.2) is 36.9 Å². The van der Waals surface area contributed by atoms with Gasteiger partial charge < -0.3 is 62.2 Å². The normalized spacial score (nSPS) is 11.2. The summed E-state index contributed by atoms with van der Waals surface area (Å²) in [6.45, 7) is 16.6. The molecule has 0 saturated carbocycles. The number of carbonyl (C=O) groups excluding carboxylic acids is 1. The van der Waals surface area contributed by atoms with E-state index in [0.717, 1.165) is 5.69 Å². The summed E-state index contributed by atoms with van der Waals surface area (Å²) in [5, 5.41) is 2.71. The van der Waals surface area contributed by atoms with Gasteiger partial charge in [-0.25, -0.2) is 0 Å². The van der Waals surface area contributed by atoms with Gasteiger partial charge in [0, 0.05) is 12.6 Å². The van der Waals surface area contributed by atoms with Crippen molar-refractivity contribution in [3.05, 3.63) is 36.9 Å². The Morgan fingerprint density at radius 2 is 0.766 bits per heavy atom. The molecule has 0 saturated heterocycles. The lowest BCUT2D eigenvalue weighted by Gasteiger charge is -2.09. The molecule has 1 rings (SSSR count). The van der Waals surface area contributed by atoms with Crippen molar-refractivity contribution in [1.82, 2.24) is 0 Å². The molecule has 14 nitrogen and oxygen atoms in total. The molecule has 47 heavy (non-hydrogen) atoms. The molecule has 0 atom stereocenters. The Hall–Kier alpha value is -2.21. The smallest absolute Gasteiger partial charge is 0.221 e.